The summed E-state index contributed by atoms with van der Waals surface area (Å²) in [5.41, 5.74) is 2.17. The minimum atomic E-state index is -0.823. The van der Waals surface area contributed by atoms with Gasteiger partial charge in [0.2, 0.25) is 0 Å². The van der Waals surface area contributed by atoms with E-state index in [-0.39, 0.29) is 11.3 Å². The lowest BCUT2D eigenvalue weighted by Gasteiger charge is -2.26. The fourth-order valence-electron chi connectivity index (χ4n) is 4.85. The maximum atomic E-state index is 13.4. The highest BCUT2D eigenvalue weighted by Gasteiger charge is 2.46. The number of hydrogen-bond acceptors (Lipinski definition) is 7. The van der Waals surface area contributed by atoms with Gasteiger partial charge in [0, 0.05) is 31.7 Å². The third kappa shape index (κ3) is 4.20. The van der Waals surface area contributed by atoms with E-state index in [1.807, 2.05) is 29.0 Å². The number of hydrogen-bond donors (Lipinski definition) is 1. The van der Waals surface area contributed by atoms with Crippen molar-refractivity contribution in [3.05, 3.63) is 83.8 Å². The molecule has 0 unspecified atom stereocenters. The molecule has 0 aliphatic carbocycles. The highest BCUT2D eigenvalue weighted by atomic mass is 16.5. The Bertz CT molecular complexity index is 1500. The van der Waals surface area contributed by atoms with Gasteiger partial charge in [0.1, 0.15) is 11.3 Å². The van der Waals surface area contributed by atoms with Gasteiger partial charge in [0.05, 0.1) is 37.9 Å². The van der Waals surface area contributed by atoms with Crippen LogP contribution >= 0.6 is 0 Å². The van der Waals surface area contributed by atoms with Gasteiger partial charge in [0.15, 0.2) is 17.3 Å². The van der Waals surface area contributed by atoms with Crippen molar-refractivity contribution in [2.45, 2.75) is 25.9 Å². The number of aryl methyl sites for hydroxylation is 2. The Labute approximate surface area is 213 Å². The first kappa shape index (κ1) is 24.1. The zero-order valence-electron chi connectivity index (χ0n) is 20.8. The number of fused-ring (bicyclic) bond motifs is 1. The van der Waals surface area contributed by atoms with Gasteiger partial charge in [-0.1, -0.05) is 12.1 Å². The Hall–Kier alpha value is -4.60. The smallest absolute Gasteiger partial charge is 0.295 e. The van der Waals surface area contributed by atoms with Crippen LogP contribution in [-0.4, -0.2) is 61.4 Å². The second kappa shape index (κ2) is 9.81. The van der Waals surface area contributed by atoms with Gasteiger partial charge >= 0.3 is 0 Å². The average Bonchev–Trinajstić information content (AvgIpc) is 3.61. The van der Waals surface area contributed by atoms with Crippen molar-refractivity contribution in [1.82, 2.24) is 23.8 Å². The molecule has 1 amide bonds. The van der Waals surface area contributed by atoms with Crippen molar-refractivity contribution < 1.29 is 24.2 Å². The van der Waals surface area contributed by atoms with Gasteiger partial charge in [-0.05, 0) is 43.2 Å². The molecule has 1 atom stereocenters. The van der Waals surface area contributed by atoms with Crippen LogP contribution in [-0.2, 0) is 16.1 Å². The minimum absolute atomic E-state index is 0.00797. The number of aromatic nitrogens is 4. The molecule has 37 heavy (non-hydrogen) atoms. The van der Waals surface area contributed by atoms with E-state index in [4.69, 9.17) is 9.47 Å². The van der Waals surface area contributed by atoms with Crippen molar-refractivity contribution in [2.24, 2.45) is 0 Å². The van der Waals surface area contributed by atoms with Gasteiger partial charge in [-0.3, -0.25) is 14.0 Å². The number of imidazole rings is 2. The van der Waals surface area contributed by atoms with Crippen molar-refractivity contribution in [3.63, 3.8) is 0 Å². The lowest BCUT2D eigenvalue weighted by molar-refractivity contribution is -0.139. The Morgan fingerprint density at radius 1 is 1.05 bits per heavy atom. The lowest BCUT2D eigenvalue weighted by atomic mass is 9.95. The van der Waals surface area contributed by atoms with Crippen LogP contribution in [0.2, 0.25) is 0 Å². The number of carbonyl (C=O) groups excluding carboxylic acids is 2. The number of ether oxygens (including phenoxy) is 2. The lowest BCUT2D eigenvalue weighted by Crippen LogP contribution is -2.31. The molecule has 190 valence electrons. The fourth-order valence-corrected chi connectivity index (χ4v) is 4.85. The molecule has 1 fully saturated rings. The SMILES string of the molecule is COc1ccc([C@H]2C(=C(O)c3c(C)nc4ccccn34)C(=O)C(=O)N2CCCn2ccnc2)cc1OC. The maximum absolute atomic E-state index is 13.4. The largest absolute Gasteiger partial charge is 0.505 e. The van der Waals surface area contributed by atoms with Crippen LogP contribution in [0.15, 0.2) is 66.9 Å². The van der Waals surface area contributed by atoms with E-state index in [1.54, 1.807) is 48.2 Å². The first-order valence-electron chi connectivity index (χ1n) is 11.8. The average molecular weight is 502 g/mol. The summed E-state index contributed by atoms with van der Waals surface area (Å²) in [5, 5.41) is 11.6. The molecular weight excluding hydrogens is 474 g/mol. The van der Waals surface area contributed by atoms with Crippen LogP contribution in [0.1, 0.15) is 29.4 Å². The predicted octanol–water partition coefficient (Wildman–Crippen LogP) is 3.37. The van der Waals surface area contributed by atoms with Crippen LogP contribution in [0.5, 0.6) is 11.5 Å². The summed E-state index contributed by atoms with van der Waals surface area (Å²) in [6.07, 6.45) is 7.58. The zero-order valence-corrected chi connectivity index (χ0v) is 20.8. The van der Waals surface area contributed by atoms with Crippen LogP contribution in [0.3, 0.4) is 0 Å². The molecule has 10 heteroatoms. The first-order chi connectivity index (χ1) is 17.9. The van der Waals surface area contributed by atoms with Crippen molar-refractivity contribution in [1.29, 1.82) is 0 Å². The topological polar surface area (TPSA) is 111 Å². The number of Topliss-reactive ketones (excluding diaryl/α,β-unsaturated/α-hetero) is 1. The number of aliphatic hydroxyl groups is 1. The van der Waals surface area contributed by atoms with Crippen LogP contribution in [0, 0.1) is 6.92 Å². The number of benzene rings is 1. The van der Waals surface area contributed by atoms with Crippen molar-refractivity contribution >= 4 is 23.1 Å². The standard InChI is InChI=1S/C27H27N5O5/c1-17-23(31-12-5-4-7-21(31)29-17)25(33)22-24(18-8-9-19(36-2)20(15-18)37-3)32(27(35)26(22)34)13-6-11-30-14-10-28-16-30/h4-5,7-10,12,14-16,24,33H,6,11,13H2,1-3H3/t24-/m0/s1. The number of amides is 1. The Morgan fingerprint density at radius 2 is 1.86 bits per heavy atom. The number of carbonyl (C=O) groups is 2. The minimum Gasteiger partial charge on any atom is -0.505 e. The summed E-state index contributed by atoms with van der Waals surface area (Å²) < 4.78 is 14.5. The van der Waals surface area contributed by atoms with Crippen molar-refractivity contribution in [3.8, 4) is 11.5 Å². The summed E-state index contributed by atoms with van der Waals surface area (Å²) in [4.78, 5) is 36.8. The number of methoxy groups -OCH3 is 2. The van der Waals surface area contributed by atoms with Gasteiger partial charge < -0.3 is 24.0 Å². The Balaban J connectivity index is 1.63. The van der Waals surface area contributed by atoms with Gasteiger partial charge in [-0.2, -0.15) is 0 Å². The van der Waals surface area contributed by atoms with E-state index in [1.165, 1.54) is 19.1 Å². The number of ketones is 1. The molecule has 1 aromatic carbocycles. The van der Waals surface area contributed by atoms with Gasteiger partial charge in [-0.15, -0.1) is 0 Å². The fraction of sp³-hybridized carbons (Fsp3) is 0.259. The highest BCUT2D eigenvalue weighted by Crippen LogP contribution is 2.42. The van der Waals surface area contributed by atoms with Crippen LogP contribution < -0.4 is 9.47 Å². The third-order valence-corrected chi connectivity index (χ3v) is 6.57. The predicted molar refractivity (Wildman–Crippen MR) is 135 cm³/mol. The van der Waals surface area contributed by atoms with Gasteiger partial charge in [0.25, 0.3) is 11.7 Å². The second-order valence-corrected chi connectivity index (χ2v) is 8.74. The first-order valence-corrected chi connectivity index (χ1v) is 11.8. The number of likely N-dealkylation sites (tertiary alicyclic amines) is 1. The molecule has 4 heterocycles. The highest BCUT2D eigenvalue weighted by molar-refractivity contribution is 6.46. The molecule has 1 aliphatic rings. The molecule has 0 bridgehead atoms. The molecule has 1 aliphatic heterocycles. The quantitative estimate of drug-likeness (QED) is 0.224. The normalized spacial score (nSPS) is 17.1. The van der Waals surface area contributed by atoms with E-state index >= 15 is 0 Å². The van der Waals surface area contributed by atoms with Gasteiger partial charge in [-0.25, -0.2) is 9.97 Å². The molecule has 1 N–H and O–H groups in total. The molecule has 0 radical (unpaired) electrons. The zero-order chi connectivity index (χ0) is 26.1. The second-order valence-electron chi connectivity index (χ2n) is 8.74. The van der Waals surface area contributed by atoms with E-state index in [9.17, 15) is 14.7 Å². The number of aliphatic hydroxyl groups excluding tert-OH is 1. The molecule has 0 saturated carbocycles. The maximum Gasteiger partial charge on any atom is 0.295 e. The summed E-state index contributed by atoms with van der Waals surface area (Å²) in [6.45, 7) is 2.67. The van der Waals surface area contributed by atoms with E-state index in [0.717, 1.165) is 0 Å². The molecule has 10 nitrogen and oxygen atoms in total. The number of rotatable bonds is 8. The van der Waals surface area contributed by atoms with E-state index < -0.39 is 17.7 Å². The molecule has 1 saturated heterocycles. The molecule has 0 spiro atoms. The number of nitrogens with zero attached hydrogens (tertiary/aromatic N) is 5. The summed E-state index contributed by atoms with van der Waals surface area (Å²) >= 11 is 0. The number of pyridine rings is 1. The molecular formula is C27H27N5O5. The molecule has 3 aromatic heterocycles. The van der Waals surface area contributed by atoms with Crippen LogP contribution in [0.4, 0.5) is 0 Å². The summed E-state index contributed by atoms with van der Waals surface area (Å²) in [6, 6.07) is 9.86. The van der Waals surface area contributed by atoms with Crippen LogP contribution in [0.25, 0.3) is 11.4 Å². The van der Waals surface area contributed by atoms with E-state index in [2.05, 4.69) is 9.97 Å². The molecule has 5 rings (SSSR count). The third-order valence-electron chi connectivity index (χ3n) is 6.57. The molecule has 4 aromatic rings. The monoisotopic (exact) mass is 501 g/mol. The van der Waals surface area contributed by atoms with Crippen molar-refractivity contribution in [2.75, 3.05) is 20.8 Å². The summed E-state index contributed by atoms with van der Waals surface area (Å²) in [5.74, 6) is -0.717. The Morgan fingerprint density at radius 3 is 2.59 bits per heavy atom. The van der Waals surface area contributed by atoms with E-state index in [0.29, 0.717) is 53.6 Å². The Kier molecular flexibility index (Phi) is 6.39. The summed E-state index contributed by atoms with van der Waals surface area (Å²) in [7, 11) is 3.05.